The molecular weight excluding hydrogens is 542 g/mol. The number of nitrogens with one attached hydrogen (secondary N) is 3. The molecule has 4 rings (SSSR count). The highest BCUT2D eigenvalue weighted by atomic mass is 16.6. The van der Waals surface area contributed by atoms with Crippen LogP contribution >= 0.6 is 0 Å². The zero-order valence-corrected chi connectivity index (χ0v) is 25.1. The van der Waals surface area contributed by atoms with E-state index in [1.165, 1.54) is 6.92 Å². The van der Waals surface area contributed by atoms with Gasteiger partial charge in [-0.05, 0) is 57.2 Å². The smallest absolute Gasteiger partial charge is 0.408 e. The topological polar surface area (TPSA) is 114 Å². The zero-order chi connectivity index (χ0) is 31.0. The molecule has 3 N–H and O–H groups in total. The molecule has 0 radical (unpaired) electrons. The Kier molecular flexibility index (Phi) is 9.80. The normalized spacial score (nSPS) is 15.2. The molecule has 43 heavy (non-hydrogen) atoms. The van der Waals surface area contributed by atoms with Crippen LogP contribution in [0, 0.1) is 0 Å². The van der Waals surface area contributed by atoms with Gasteiger partial charge in [0.25, 0.3) is 0 Å². The van der Waals surface area contributed by atoms with Crippen molar-refractivity contribution in [3.05, 3.63) is 119 Å². The first-order chi connectivity index (χ1) is 20.5. The maximum atomic E-state index is 13.9. The van der Waals surface area contributed by atoms with Crippen molar-refractivity contribution in [2.45, 2.75) is 64.1 Å². The summed E-state index contributed by atoms with van der Waals surface area (Å²) in [6, 6.07) is 28.3. The van der Waals surface area contributed by atoms with E-state index < -0.39 is 23.3 Å². The van der Waals surface area contributed by atoms with E-state index >= 15 is 0 Å². The van der Waals surface area contributed by atoms with Gasteiger partial charge in [0.1, 0.15) is 11.1 Å². The average Bonchev–Trinajstić information content (AvgIpc) is 3.39. The average molecular weight is 582 g/mol. The number of ketones is 1. The molecule has 0 spiro atoms. The Balaban J connectivity index is 1.70. The third kappa shape index (κ3) is 7.57. The van der Waals surface area contributed by atoms with Crippen LogP contribution in [0.4, 0.5) is 4.79 Å². The lowest BCUT2D eigenvalue weighted by molar-refractivity contribution is -0.122. The molecule has 1 heterocycles. The Morgan fingerprint density at radius 3 is 1.72 bits per heavy atom. The van der Waals surface area contributed by atoms with Crippen LogP contribution in [0.15, 0.2) is 102 Å². The number of alkyl carbamates (subject to hydrolysis) is 1. The summed E-state index contributed by atoms with van der Waals surface area (Å²) >= 11 is 0. The van der Waals surface area contributed by atoms with Gasteiger partial charge < -0.3 is 20.7 Å². The van der Waals surface area contributed by atoms with Crippen molar-refractivity contribution in [3.63, 3.8) is 0 Å². The van der Waals surface area contributed by atoms with Crippen LogP contribution in [0.3, 0.4) is 0 Å². The molecule has 0 aliphatic carbocycles. The molecule has 3 amide bonds. The van der Waals surface area contributed by atoms with Gasteiger partial charge >= 0.3 is 6.09 Å². The molecule has 8 nitrogen and oxygen atoms in total. The largest absolute Gasteiger partial charge is 0.444 e. The molecule has 0 saturated carbocycles. The lowest BCUT2D eigenvalue weighted by Crippen LogP contribution is -2.48. The summed E-state index contributed by atoms with van der Waals surface area (Å²) in [6.07, 6.45) is -0.347. The van der Waals surface area contributed by atoms with Crippen LogP contribution in [0.5, 0.6) is 0 Å². The second-order valence-electron chi connectivity index (χ2n) is 11.6. The number of hydrogen-bond acceptors (Lipinski definition) is 5. The lowest BCUT2D eigenvalue weighted by Gasteiger charge is -2.37. The van der Waals surface area contributed by atoms with Gasteiger partial charge in [0.2, 0.25) is 11.8 Å². The van der Waals surface area contributed by atoms with Crippen LogP contribution in [-0.2, 0) is 24.7 Å². The molecule has 1 aliphatic rings. The van der Waals surface area contributed by atoms with Crippen LogP contribution in [0.25, 0.3) is 0 Å². The highest BCUT2D eigenvalue weighted by molar-refractivity contribution is 6.07. The van der Waals surface area contributed by atoms with Crippen molar-refractivity contribution in [2.75, 3.05) is 6.54 Å². The van der Waals surface area contributed by atoms with E-state index in [4.69, 9.17) is 4.74 Å². The van der Waals surface area contributed by atoms with Crippen molar-refractivity contribution in [3.8, 4) is 0 Å². The summed E-state index contributed by atoms with van der Waals surface area (Å²) in [5.41, 5.74) is 1.34. The molecule has 3 aromatic rings. The molecule has 1 atom stereocenters. The van der Waals surface area contributed by atoms with Crippen LogP contribution in [0.1, 0.15) is 63.6 Å². The Hall–Kier alpha value is -4.72. The number of rotatable bonds is 10. The first kappa shape index (κ1) is 31.2. The van der Waals surface area contributed by atoms with Gasteiger partial charge in [0, 0.05) is 24.1 Å². The van der Waals surface area contributed by atoms with Gasteiger partial charge in [-0.3, -0.25) is 14.4 Å². The molecule has 8 heteroatoms. The van der Waals surface area contributed by atoms with Crippen LogP contribution in [0.2, 0.25) is 0 Å². The van der Waals surface area contributed by atoms with Gasteiger partial charge in [-0.1, -0.05) is 91.0 Å². The Bertz CT molecular complexity index is 1380. The highest BCUT2D eigenvalue weighted by Gasteiger charge is 2.38. The van der Waals surface area contributed by atoms with Gasteiger partial charge in [-0.25, -0.2) is 4.79 Å². The lowest BCUT2D eigenvalue weighted by atomic mass is 9.77. The fraction of sp³-hybridized carbons (Fsp3) is 0.314. The molecule has 224 valence electrons. The summed E-state index contributed by atoms with van der Waals surface area (Å²) in [6.45, 7) is 6.97. The van der Waals surface area contributed by atoms with Crippen molar-refractivity contribution in [1.29, 1.82) is 0 Å². The van der Waals surface area contributed by atoms with Crippen LogP contribution in [-0.4, -0.2) is 41.9 Å². The minimum atomic E-state index is -1.01. The SMILES string of the molecule is CC(=O)/C(=C1/CCNC1=O)C(CCC(=O)NC(c1ccccc1)(c1ccccc1)c1ccccc1)NC(=O)OC(C)(C)C. The maximum Gasteiger partial charge on any atom is 0.408 e. The van der Waals surface area contributed by atoms with Crippen molar-refractivity contribution >= 4 is 23.7 Å². The predicted molar refractivity (Wildman–Crippen MR) is 165 cm³/mol. The summed E-state index contributed by atoms with van der Waals surface area (Å²) in [5, 5.41) is 8.81. The maximum absolute atomic E-state index is 13.9. The molecule has 1 unspecified atom stereocenters. The van der Waals surface area contributed by atoms with E-state index in [9.17, 15) is 19.2 Å². The molecular formula is C35H39N3O5. The second-order valence-corrected chi connectivity index (χ2v) is 11.6. The van der Waals surface area contributed by atoms with Gasteiger partial charge in [-0.2, -0.15) is 0 Å². The Morgan fingerprint density at radius 1 is 0.837 bits per heavy atom. The minimum absolute atomic E-state index is 0.0413. The number of ether oxygens (including phenoxy) is 1. The summed E-state index contributed by atoms with van der Waals surface area (Å²) in [7, 11) is 0. The van der Waals surface area contributed by atoms with Gasteiger partial charge in [-0.15, -0.1) is 0 Å². The van der Waals surface area contributed by atoms with Crippen molar-refractivity contribution in [1.82, 2.24) is 16.0 Å². The monoisotopic (exact) mass is 581 g/mol. The summed E-state index contributed by atoms with van der Waals surface area (Å²) in [5.74, 6) is -0.987. The van der Waals surface area contributed by atoms with Gasteiger partial charge in [0.05, 0.1) is 6.04 Å². The van der Waals surface area contributed by atoms with Crippen LogP contribution < -0.4 is 16.0 Å². The molecule has 1 saturated heterocycles. The summed E-state index contributed by atoms with van der Waals surface area (Å²) < 4.78 is 5.46. The third-order valence-corrected chi connectivity index (χ3v) is 7.29. The molecule has 1 fully saturated rings. The predicted octanol–water partition coefficient (Wildman–Crippen LogP) is 5.17. The second kappa shape index (κ2) is 13.5. The molecule has 1 aliphatic heterocycles. The third-order valence-electron chi connectivity index (χ3n) is 7.29. The number of hydrogen-bond donors (Lipinski definition) is 3. The standard InChI is InChI=1S/C35H39N3O5/c1-24(39)31(28-22-23-36-32(28)41)29(37-33(42)43-34(2,3)4)20-21-30(40)38-35(25-14-8-5-9-15-25,26-16-10-6-11-17-26)27-18-12-7-13-19-27/h5-19,29H,20-23H2,1-4H3,(H,36,41)(H,37,42)(H,38,40)/b31-28+. The number of Topliss-reactive ketones (excluding diaryl/α,β-unsaturated/α-hetero) is 1. The Labute approximate surface area is 252 Å². The number of carbonyl (C=O) groups excluding carboxylic acids is 4. The van der Waals surface area contributed by atoms with E-state index in [1.807, 2.05) is 91.0 Å². The number of amides is 3. The van der Waals surface area contributed by atoms with E-state index in [2.05, 4.69) is 16.0 Å². The van der Waals surface area contributed by atoms with E-state index in [0.717, 1.165) is 16.7 Å². The molecule has 3 aromatic carbocycles. The fourth-order valence-electron chi connectivity index (χ4n) is 5.51. The highest BCUT2D eigenvalue weighted by Crippen LogP contribution is 2.37. The Morgan fingerprint density at radius 2 is 1.33 bits per heavy atom. The van der Waals surface area contributed by atoms with Crippen molar-refractivity contribution < 1.29 is 23.9 Å². The zero-order valence-electron chi connectivity index (χ0n) is 25.1. The fourth-order valence-corrected chi connectivity index (χ4v) is 5.51. The minimum Gasteiger partial charge on any atom is -0.444 e. The quantitative estimate of drug-likeness (QED) is 0.226. The first-order valence-electron chi connectivity index (χ1n) is 14.5. The molecule has 0 bridgehead atoms. The number of benzene rings is 3. The van der Waals surface area contributed by atoms with Crippen molar-refractivity contribution in [2.24, 2.45) is 0 Å². The van der Waals surface area contributed by atoms with E-state index in [1.54, 1.807) is 20.8 Å². The van der Waals surface area contributed by atoms with E-state index in [-0.39, 0.29) is 36.0 Å². The first-order valence-corrected chi connectivity index (χ1v) is 14.5. The molecule has 0 aromatic heterocycles. The van der Waals surface area contributed by atoms with Gasteiger partial charge in [0.15, 0.2) is 5.78 Å². The summed E-state index contributed by atoms with van der Waals surface area (Å²) in [4.78, 5) is 52.3. The van der Waals surface area contributed by atoms with E-state index in [0.29, 0.717) is 18.5 Å². The number of carbonyl (C=O) groups is 4.